The molecule has 0 bridgehead atoms. The van der Waals surface area contributed by atoms with Crippen LogP contribution in [0.25, 0.3) is 0 Å². The molecule has 0 radical (unpaired) electrons. The Hall–Kier alpha value is -4.68. The van der Waals surface area contributed by atoms with Crippen molar-refractivity contribution in [3.05, 3.63) is 89.5 Å². The van der Waals surface area contributed by atoms with Crippen LogP contribution in [-0.2, 0) is 31.9 Å². The Balaban J connectivity index is 1.57. The SMILES string of the molecule is COC(=O)c1c(O)cccc1OCCCCNC(=O)[C@H](Cc1ccc(OP(=O)(O)C(F)F)cc1)NC(=O)OCc1ccccc1. The van der Waals surface area contributed by atoms with Crippen LogP contribution in [0.1, 0.15) is 34.3 Å². The first-order chi connectivity index (χ1) is 21.5. The summed E-state index contributed by atoms with van der Waals surface area (Å²) < 4.78 is 56.8. The van der Waals surface area contributed by atoms with E-state index in [0.717, 1.165) is 5.56 Å². The maximum Gasteiger partial charge on any atom is 0.442 e. The third kappa shape index (κ3) is 11.1. The summed E-state index contributed by atoms with van der Waals surface area (Å²) in [6.45, 7) is 0.336. The number of benzene rings is 3. The Morgan fingerprint density at radius 3 is 2.31 bits per heavy atom. The fourth-order valence-corrected chi connectivity index (χ4v) is 4.42. The number of phenolic OH excluding ortho intramolecular Hbond substituents is 1. The number of halogens is 2. The number of amides is 2. The van der Waals surface area contributed by atoms with E-state index in [1.807, 2.05) is 6.07 Å². The van der Waals surface area contributed by atoms with Crippen molar-refractivity contribution in [3.8, 4) is 17.2 Å². The number of rotatable bonds is 16. The van der Waals surface area contributed by atoms with Crippen molar-refractivity contribution in [1.82, 2.24) is 10.6 Å². The first kappa shape index (κ1) is 34.8. The number of aromatic hydroxyl groups is 1. The lowest BCUT2D eigenvalue weighted by Gasteiger charge is -2.19. The predicted molar refractivity (Wildman–Crippen MR) is 157 cm³/mol. The van der Waals surface area contributed by atoms with Crippen LogP contribution >= 0.6 is 7.60 Å². The molecular formula is C30H33F2N2O10P. The topological polar surface area (TPSA) is 170 Å². The zero-order valence-corrected chi connectivity index (χ0v) is 25.1. The number of hydrogen-bond acceptors (Lipinski definition) is 9. The van der Waals surface area contributed by atoms with E-state index in [0.29, 0.717) is 18.4 Å². The molecule has 1 unspecified atom stereocenters. The van der Waals surface area contributed by atoms with Crippen molar-refractivity contribution in [2.75, 3.05) is 20.3 Å². The number of unbranched alkanes of at least 4 members (excludes halogenated alkanes) is 1. The van der Waals surface area contributed by atoms with Crippen LogP contribution in [-0.4, -0.2) is 60.4 Å². The summed E-state index contributed by atoms with van der Waals surface area (Å²) >= 11 is 0. The molecule has 3 aromatic rings. The standard InChI is InChI=1S/C30H33F2N2O10P/c1-41-28(37)26-24(35)10-7-11-25(26)42-17-6-5-16-33-27(36)23(34-30(38)43-19-21-8-3-2-4-9-21)18-20-12-14-22(15-13-20)44-45(39,40)29(31)32/h2-4,7-15,23,29,35H,5-6,16-19H2,1H3,(H,33,36)(H,34,38)(H,39,40)/t23-/m0/s1. The number of carbonyl (C=O) groups excluding carboxylic acids is 3. The second kappa shape index (κ2) is 17.0. The Labute approximate surface area is 257 Å². The Morgan fingerprint density at radius 2 is 1.64 bits per heavy atom. The molecule has 0 saturated heterocycles. The summed E-state index contributed by atoms with van der Waals surface area (Å²) in [6, 6.07) is 17.4. The maximum absolute atomic E-state index is 13.1. The van der Waals surface area contributed by atoms with Gasteiger partial charge in [-0.05, 0) is 48.2 Å². The number of hydrogen-bond donors (Lipinski definition) is 4. The fraction of sp³-hybridized carbons (Fsp3) is 0.300. The minimum Gasteiger partial charge on any atom is -0.507 e. The quantitative estimate of drug-likeness (QED) is 0.0962. The molecule has 2 amide bonds. The van der Waals surface area contributed by atoms with Crippen LogP contribution in [0.2, 0.25) is 0 Å². The molecule has 0 aromatic heterocycles. The number of alkyl carbamates (subject to hydrolysis) is 1. The van der Waals surface area contributed by atoms with Crippen molar-refractivity contribution < 1.29 is 56.5 Å². The Morgan fingerprint density at radius 1 is 0.933 bits per heavy atom. The minimum absolute atomic E-state index is 0.0325. The summed E-state index contributed by atoms with van der Waals surface area (Å²) in [7, 11) is -3.98. The lowest BCUT2D eigenvalue weighted by atomic mass is 10.1. The molecule has 3 aromatic carbocycles. The molecule has 15 heteroatoms. The first-order valence-corrected chi connectivity index (χ1v) is 15.3. The van der Waals surface area contributed by atoms with Gasteiger partial charge in [0.05, 0.1) is 13.7 Å². The first-order valence-electron chi connectivity index (χ1n) is 13.7. The molecule has 0 aliphatic heterocycles. The zero-order valence-electron chi connectivity index (χ0n) is 24.2. The van der Waals surface area contributed by atoms with Gasteiger partial charge in [-0.15, -0.1) is 0 Å². The van der Waals surface area contributed by atoms with Crippen molar-refractivity contribution in [2.24, 2.45) is 0 Å². The van der Waals surface area contributed by atoms with Gasteiger partial charge in [-0.1, -0.05) is 48.5 Å². The van der Waals surface area contributed by atoms with E-state index < -0.39 is 37.8 Å². The molecular weight excluding hydrogens is 617 g/mol. The van der Waals surface area contributed by atoms with Crippen LogP contribution in [0.5, 0.6) is 17.2 Å². The van der Waals surface area contributed by atoms with E-state index in [2.05, 4.69) is 19.9 Å². The number of alkyl halides is 2. The third-order valence-corrected chi connectivity index (χ3v) is 7.15. The summed E-state index contributed by atoms with van der Waals surface area (Å²) in [4.78, 5) is 46.8. The van der Waals surface area contributed by atoms with E-state index in [1.54, 1.807) is 24.3 Å². The van der Waals surface area contributed by atoms with E-state index >= 15 is 0 Å². The van der Waals surface area contributed by atoms with Crippen LogP contribution in [0.4, 0.5) is 13.6 Å². The largest absolute Gasteiger partial charge is 0.507 e. The van der Waals surface area contributed by atoms with Gasteiger partial charge in [0.1, 0.15) is 35.5 Å². The lowest BCUT2D eigenvalue weighted by Crippen LogP contribution is -2.48. The molecule has 2 atom stereocenters. The van der Waals surface area contributed by atoms with Gasteiger partial charge < -0.3 is 39.4 Å². The monoisotopic (exact) mass is 650 g/mol. The molecule has 0 saturated carbocycles. The average molecular weight is 651 g/mol. The molecule has 242 valence electrons. The molecule has 0 heterocycles. The van der Waals surface area contributed by atoms with Gasteiger partial charge in [0.2, 0.25) is 5.91 Å². The third-order valence-electron chi connectivity index (χ3n) is 6.19. The van der Waals surface area contributed by atoms with Crippen molar-refractivity contribution in [2.45, 2.75) is 38.1 Å². The molecule has 45 heavy (non-hydrogen) atoms. The van der Waals surface area contributed by atoms with Crippen LogP contribution in [0.15, 0.2) is 72.8 Å². The number of phenols is 1. The number of esters is 1. The van der Waals surface area contributed by atoms with Gasteiger partial charge in [-0.25, -0.2) is 14.2 Å². The van der Waals surface area contributed by atoms with E-state index in [9.17, 15) is 37.7 Å². The van der Waals surface area contributed by atoms with Gasteiger partial charge >= 0.3 is 25.8 Å². The molecule has 3 rings (SSSR count). The number of ether oxygens (including phenoxy) is 3. The highest BCUT2D eigenvalue weighted by Gasteiger charge is 2.34. The van der Waals surface area contributed by atoms with Gasteiger partial charge in [0.15, 0.2) is 0 Å². The zero-order chi connectivity index (χ0) is 32.8. The highest BCUT2D eigenvalue weighted by molar-refractivity contribution is 7.53. The summed E-state index contributed by atoms with van der Waals surface area (Å²) in [5.41, 5.74) is 1.12. The highest BCUT2D eigenvalue weighted by atomic mass is 31.2. The van der Waals surface area contributed by atoms with Gasteiger partial charge in [0.25, 0.3) is 0 Å². The maximum atomic E-state index is 13.1. The molecule has 0 aliphatic carbocycles. The summed E-state index contributed by atoms with van der Waals surface area (Å²) in [6.07, 6.45) is -3.54. The summed E-state index contributed by atoms with van der Waals surface area (Å²) in [5.74, 6) is -1.69. The smallest absolute Gasteiger partial charge is 0.442 e. The van der Waals surface area contributed by atoms with Crippen LogP contribution in [0.3, 0.4) is 0 Å². The highest BCUT2D eigenvalue weighted by Crippen LogP contribution is 2.48. The van der Waals surface area contributed by atoms with Crippen molar-refractivity contribution >= 4 is 25.6 Å². The van der Waals surface area contributed by atoms with Gasteiger partial charge in [0, 0.05) is 13.0 Å². The molecule has 12 nitrogen and oxygen atoms in total. The predicted octanol–water partition coefficient (Wildman–Crippen LogP) is 4.78. The number of methoxy groups -OCH3 is 1. The second-order valence-electron chi connectivity index (χ2n) is 9.53. The number of carbonyl (C=O) groups is 3. The fourth-order valence-electron chi connectivity index (χ4n) is 3.92. The van der Waals surface area contributed by atoms with Crippen LogP contribution in [0, 0.1) is 0 Å². The van der Waals surface area contributed by atoms with E-state index in [-0.39, 0.29) is 49.0 Å². The van der Waals surface area contributed by atoms with E-state index in [1.165, 1.54) is 49.6 Å². The Bertz CT molecular complexity index is 1480. The van der Waals surface area contributed by atoms with Gasteiger partial charge in [-0.3, -0.25) is 4.79 Å². The average Bonchev–Trinajstić information content (AvgIpc) is 3.02. The van der Waals surface area contributed by atoms with Crippen LogP contribution < -0.4 is 19.9 Å². The second-order valence-corrected chi connectivity index (χ2v) is 11.2. The van der Waals surface area contributed by atoms with Gasteiger partial charge in [-0.2, -0.15) is 8.78 Å². The molecule has 0 aliphatic rings. The van der Waals surface area contributed by atoms with E-state index in [4.69, 9.17) is 9.47 Å². The van der Waals surface area contributed by atoms with Crippen molar-refractivity contribution in [1.29, 1.82) is 0 Å². The number of nitrogens with one attached hydrogen (secondary N) is 2. The molecule has 4 N–H and O–H groups in total. The lowest BCUT2D eigenvalue weighted by molar-refractivity contribution is -0.123. The summed E-state index contributed by atoms with van der Waals surface area (Å²) in [5, 5.41) is 15.2. The molecule has 0 fully saturated rings. The molecule has 0 spiro atoms. The minimum atomic E-state index is -5.16. The normalized spacial score (nSPS) is 12.8. The Kier molecular flexibility index (Phi) is 13.1. The van der Waals surface area contributed by atoms with Crippen molar-refractivity contribution in [3.63, 3.8) is 0 Å².